The van der Waals surface area contributed by atoms with Crippen molar-refractivity contribution in [3.8, 4) is 0 Å². The second kappa shape index (κ2) is 8.29. The number of carbonyl (C=O) groups excluding carboxylic acids is 1. The molecule has 0 aliphatic heterocycles. The Kier molecular flexibility index (Phi) is 6.01. The second-order valence-electron chi connectivity index (χ2n) is 5.79. The van der Waals surface area contributed by atoms with Crippen LogP contribution in [-0.4, -0.2) is 34.9 Å². The Morgan fingerprint density at radius 3 is 2.50 bits per heavy atom. The molecule has 0 saturated heterocycles. The van der Waals surface area contributed by atoms with Crippen molar-refractivity contribution in [1.82, 2.24) is 15.4 Å². The van der Waals surface area contributed by atoms with E-state index >= 15 is 0 Å². The number of amides is 1. The fourth-order valence-electron chi connectivity index (χ4n) is 2.10. The van der Waals surface area contributed by atoms with E-state index in [2.05, 4.69) is 25.4 Å². The molecule has 0 bridgehead atoms. The molecule has 1 atom stereocenters. The first-order chi connectivity index (χ1) is 13.2. The summed E-state index contributed by atoms with van der Waals surface area (Å²) in [6.45, 7) is 5.27. The Balaban J connectivity index is 1.62. The highest BCUT2D eigenvalue weighted by Crippen LogP contribution is 2.27. The molecule has 0 radical (unpaired) electrons. The fourth-order valence-corrected chi connectivity index (χ4v) is 5.05. The fraction of sp³-hybridized carbons (Fsp3) is 0.250. The van der Waals surface area contributed by atoms with Gasteiger partial charge in [-0.25, -0.2) is 8.42 Å². The summed E-state index contributed by atoms with van der Waals surface area (Å²) in [5.74, 6) is 0.378. The predicted molar refractivity (Wildman–Crippen MR) is 107 cm³/mol. The molecule has 148 valence electrons. The summed E-state index contributed by atoms with van der Waals surface area (Å²) in [4.78, 5) is 12.4. The molecule has 0 fully saturated rings. The molecular weight excluding hydrogens is 422 g/mol. The minimum absolute atomic E-state index is 0.0397. The summed E-state index contributed by atoms with van der Waals surface area (Å²) in [5.41, 5.74) is 0.488. The molecule has 2 heterocycles. The van der Waals surface area contributed by atoms with Crippen LogP contribution in [0.4, 0.5) is 11.5 Å². The number of nitrogens with zero attached hydrogens (tertiary/aromatic N) is 3. The molecule has 0 aliphatic rings. The first-order valence-corrected chi connectivity index (χ1v) is 11.2. The number of benzene rings is 1. The minimum atomic E-state index is -3.80. The number of anilines is 2. The van der Waals surface area contributed by atoms with Crippen LogP contribution in [0.5, 0.6) is 0 Å². The van der Waals surface area contributed by atoms with E-state index in [9.17, 15) is 13.2 Å². The average molecular weight is 440 g/mol. The minimum Gasteiger partial charge on any atom is -0.360 e. The molecule has 3 rings (SSSR count). The van der Waals surface area contributed by atoms with Crippen LogP contribution in [0.1, 0.15) is 17.7 Å². The molecule has 12 heteroatoms. The number of rotatable bonds is 7. The summed E-state index contributed by atoms with van der Waals surface area (Å²) < 4.78 is 32.6. The van der Waals surface area contributed by atoms with Crippen molar-refractivity contribution in [2.24, 2.45) is 0 Å². The molecule has 0 aliphatic carbocycles. The average Bonchev–Trinajstić information content (AvgIpc) is 3.22. The summed E-state index contributed by atoms with van der Waals surface area (Å²) >= 11 is 2.74. The first kappa shape index (κ1) is 20.3. The molecule has 0 spiro atoms. The van der Waals surface area contributed by atoms with Crippen molar-refractivity contribution < 1.29 is 17.7 Å². The first-order valence-electron chi connectivity index (χ1n) is 8.07. The van der Waals surface area contributed by atoms with E-state index in [1.807, 2.05) is 6.92 Å². The summed E-state index contributed by atoms with van der Waals surface area (Å²) in [6.07, 6.45) is 0. The molecule has 1 unspecified atom stereocenters. The third-order valence-corrected chi connectivity index (χ3v) is 6.85. The highest BCUT2D eigenvalue weighted by Gasteiger charge is 2.19. The molecular formula is C16H17N5O4S3. The number of aryl methyl sites for hydroxylation is 2. The van der Waals surface area contributed by atoms with Crippen LogP contribution in [0, 0.1) is 13.8 Å². The van der Waals surface area contributed by atoms with Crippen LogP contribution in [0.15, 0.2) is 44.1 Å². The lowest BCUT2D eigenvalue weighted by Gasteiger charge is -2.11. The standard InChI is InChI=1S/C16H17N5O4S3/c1-9-8-14(20-25-9)21-28(23,24)13-6-4-12(5-7-13)17-15(22)10(2)26-16-19-18-11(3)27-16/h4-8,10H,1-3H3,(H,17,22)(H,20,21). The Bertz CT molecular complexity index is 1080. The van der Waals surface area contributed by atoms with E-state index in [0.717, 1.165) is 9.35 Å². The Labute approximate surface area is 170 Å². The zero-order valence-corrected chi connectivity index (χ0v) is 17.6. The van der Waals surface area contributed by atoms with E-state index in [4.69, 9.17) is 4.52 Å². The lowest BCUT2D eigenvalue weighted by Crippen LogP contribution is -2.22. The Morgan fingerprint density at radius 2 is 1.93 bits per heavy atom. The van der Waals surface area contributed by atoms with Crippen LogP contribution in [0.25, 0.3) is 0 Å². The van der Waals surface area contributed by atoms with E-state index in [-0.39, 0.29) is 21.9 Å². The number of nitrogens with one attached hydrogen (secondary N) is 2. The molecule has 2 N–H and O–H groups in total. The summed E-state index contributed by atoms with van der Waals surface area (Å²) in [6, 6.07) is 7.32. The van der Waals surface area contributed by atoms with E-state index < -0.39 is 10.0 Å². The Hall–Kier alpha value is -2.44. The molecule has 1 amide bonds. The van der Waals surface area contributed by atoms with Crippen molar-refractivity contribution in [3.63, 3.8) is 0 Å². The molecule has 0 saturated carbocycles. The maximum Gasteiger partial charge on any atom is 0.263 e. The van der Waals surface area contributed by atoms with Gasteiger partial charge in [0.25, 0.3) is 10.0 Å². The summed E-state index contributed by atoms with van der Waals surface area (Å²) in [7, 11) is -3.80. The van der Waals surface area contributed by atoms with E-state index in [1.165, 1.54) is 53.4 Å². The van der Waals surface area contributed by atoms with Gasteiger partial charge in [-0.2, -0.15) is 0 Å². The highest BCUT2D eigenvalue weighted by atomic mass is 32.2. The SMILES string of the molecule is Cc1cc(NS(=O)(=O)c2ccc(NC(=O)C(C)Sc3nnc(C)s3)cc2)no1. The lowest BCUT2D eigenvalue weighted by atomic mass is 10.3. The van der Waals surface area contributed by atoms with Crippen molar-refractivity contribution >= 4 is 50.5 Å². The van der Waals surface area contributed by atoms with Gasteiger partial charge in [-0.05, 0) is 45.0 Å². The monoisotopic (exact) mass is 439 g/mol. The third-order valence-electron chi connectivity index (χ3n) is 3.45. The van der Waals surface area contributed by atoms with Crippen molar-refractivity contribution in [1.29, 1.82) is 0 Å². The van der Waals surface area contributed by atoms with Crippen LogP contribution in [0.2, 0.25) is 0 Å². The molecule has 1 aromatic carbocycles. The van der Waals surface area contributed by atoms with Gasteiger partial charge in [-0.15, -0.1) is 10.2 Å². The third kappa shape index (κ3) is 5.09. The molecule has 2 aromatic heterocycles. The number of hydrogen-bond donors (Lipinski definition) is 2. The van der Waals surface area contributed by atoms with E-state index in [1.54, 1.807) is 13.8 Å². The largest absolute Gasteiger partial charge is 0.360 e. The van der Waals surface area contributed by atoms with Crippen LogP contribution >= 0.6 is 23.1 Å². The van der Waals surface area contributed by atoms with Gasteiger partial charge in [0.15, 0.2) is 10.2 Å². The van der Waals surface area contributed by atoms with Gasteiger partial charge in [-0.3, -0.25) is 9.52 Å². The van der Waals surface area contributed by atoms with Gasteiger partial charge < -0.3 is 9.84 Å². The quantitative estimate of drug-likeness (QED) is 0.538. The van der Waals surface area contributed by atoms with Gasteiger partial charge in [0, 0.05) is 11.8 Å². The number of sulfonamides is 1. The van der Waals surface area contributed by atoms with E-state index in [0.29, 0.717) is 11.4 Å². The van der Waals surface area contributed by atoms with Gasteiger partial charge in [-0.1, -0.05) is 28.3 Å². The number of aromatic nitrogens is 3. The lowest BCUT2D eigenvalue weighted by molar-refractivity contribution is -0.115. The molecule has 3 aromatic rings. The normalized spacial score (nSPS) is 12.5. The Morgan fingerprint density at radius 1 is 1.21 bits per heavy atom. The zero-order chi connectivity index (χ0) is 20.3. The zero-order valence-electron chi connectivity index (χ0n) is 15.2. The van der Waals surface area contributed by atoms with Gasteiger partial charge in [0.2, 0.25) is 5.91 Å². The topological polar surface area (TPSA) is 127 Å². The van der Waals surface area contributed by atoms with Crippen molar-refractivity contribution in [2.75, 3.05) is 10.0 Å². The van der Waals surface area contributed by atoms with Crippen molar-refractivity contribution in [2.45, 2.75) is 35.3 Å². The van der Waals surface area contributed by atoms with Crippen LogP contribution in [0.3, 0.4) is 0 Å². The van der Waals surface area contributed by atoms with Crippen molar-refractivity contribution in [3.05, 3.63) is 41.1 Å². The van der Waals surface area contributed by atoms with Gasteiger partial charge in [0.05, 0.1) is 10.1 Å². The maximum atomic E-state index is 12.4. The predicted octanol–water partition coefficient (Wildman–Crippen LogP) is 3.06. The summed E-state index contributed by atoms with van der Waals surface area (Å²) in [5, 5.41) is 14.7. The molecule has 9 nitrogen and oxygen atoms in total. The van der Waals surface area contributed by atoms with Crippen LogP contribution < -0.4 is 10.0 Å². The smallest absolute Gasteiger partial charge is 0.263 e. The second-order valence-corrected chi connectivity index (χ2v) is 10.2. The van der Waals surface area contributed by atoms with Crippen LogP contribution in [-0.2, 0) is 14.8 Å². The highest BCUT2D eigenvalue weighted by molar-refractivity contribution is 8.02. The maximum absolute atomic E-state index is 12.4. The molecule has 28 heavy (non-hydrogen) atoms. The number of carbonyl (C=O) groups is 1. The van der Waals surface area contributed by atoms with Gasteiger partial charge >= 0.3 is 0 Å². The van der Waals surface area contributed by atoms with Gasteiger partial charge in [0.1, 0.15) is 10.8 Å². The number of thioether (sulfide) groups is 1. The number of hydrogen-bond acceptors (Lipinski definition) is 9.